The Labute approximate surface area is 165 Å². The van der Waals surface area contributed by atoms with Crippen LogP contribution in [0.3, 0.4) is 0 Å². The third kappa shape index (κ3) is 3.57. The number of hydrogen-bond donors (Lipinski definition) is 0. The van der Waals surface area contributed by atoms with Crippen LogP contribution in [0.1, 0.15) is 25.0 Å². The summed E-state index contributed by atoms with van der Waals surface area (Å²) in [6, 6.07) is 11.7. The predicted octanol–water partition coefficient (Wildman–Crippen LogP) is 4.99. The summed E-state index contributed by atoms with van der Waals surface area (Å²) in [5, 5.41) is 12.6. The third-order valence-corrected chi connectivity index (χ3v) is 6.32. The van der Waals surface area contributed by atoms with E-state index in [1.165, 1.54) is 0 Å². The highest BCUT2D eigenvalue weighted by Crippen LogP contribution is 2.30. The van der Waals surface area contributed by atoms with E-state index in [0.717, 1.165) is 45.3 Å². The molecule has 3 heterocycles. The largest absolute Gasteiger partial charge is 0.423 e. The van der Waals surface area contributed by atoms with E-state index in [-0.39, 0.29) is 5.63 Å². The first-order chi connectivity index (χ1) is 13.2. The molecular weight excluding hydrogens is 378 g/mol. The van der Waals surface area contributed by atoms with E-state index in [0.29, 0.717) is 11.3 Å². The fraction of sp³-hybridized carbons (Fsp3) is 0.250. The maximum atomic E-state index is 12.0. The van der Waals surface area contributed by atoms with E-state index in [2.05, 4.69) is 40.7 Å². The van der Waals surface area contributed by atoms with Crippen LogP contribution in [0.4, 0.5) is 0 Å². The maximum absolute atomic E-state index is 12.0. The van der Waals surface area contributed by atoms with Crippen molar-refractivity contribution in [2.24, 2.45) is 0 Å². The minimum absolute atomic E-state index is 0.317. The molecule has 7 heteroatoms. The standard InChI is InChI=1S/C20H19N3O2S2/c1-3-13-7-8-15-14(11-18(24)25-16(15)10-13)12-27-20-22-21-19(23(20)4-2)17-6-5-9-26-17/h5-11H,3-4,12H2,1-2H3. The molecular formula is C20H19N3O2S2. The summed E-state index contributed by atoms with van der Waals surface area (Å²) in [4.78, 5) is 13.1. The Kier molecular flexibility index (Phi) is 5.13. The smallest absolute Gasteiger partial charge is 0.336 e. The van der Waals surface area contributed by atoms with Gasteiger partial charge in [-0.1, -0.05) is 36.9 Å². The van der Waals surface area contributed by atoms with Crippen LogP contribution >= 0.6 is 23.1 Å². The molecule has 0 saturated heterocycles. The van der Waals surface area contributed by atoms with Crippen molar-refractivity contribution in [1.29, 1.82) is 0 Å². The van der Waals surface area contributed by atoms with Crippen molar-refractivity contribution in [2.45, 2.75) is 37.7 Å². The molecule has 5 nitrogen and oxygen atoms in total. The molecule has 0 aliphatic carbocycles. The molecule has 1 aromatic carbocycles. The molecule has 4 aromatic rings. The van der Waals surface area contributed by atoms with Crippen LogP contribution in [-0.4, -0.2) is 14.8 Å². The van der Waals surface area contributed by atoms with Gasteiger partial charge in [0, 0.05) is 23.8 Å². The Morgan fingerprint density at radius 3 is 2.81 bits per heavy atom. The van der Waals surface area contributed by atoms with E-state index in [9.17, 15) is 4.79 Å². The second kappa shape index (κ2) is 7.70. The Balaban J connectivity index is 1.65. The van der Waals surface area contributed by atoms with E-state index in [4.69, 9.17) is 4.42 Å². The third-order valence-electron chi connectivity index (χ3n) is 4.43. The Bertz CT molecular complexity index is 1130. The molecule has 0 amide bonds. The highest BCUT2D eigenvalue weighted by molar-refractivity contribution is 7.98. The molecule has 27 heavy (non-hydrogen) atoms. The van der Waals surface area contributed by atoms with Gasteiger partial charge in [-0.2, -0.15) is 0 Å². The molecule has 4 rings (SSSR count). The van der Waals surface area contributed by atoms with Gasteiger partial charge in [-0.05, 0) is 42.0 Å². The molecule has 0 radical (unpaired) electrons. The fourth-order valence-electron chi connectivity index (χ4n) is 3.02. The first-order valence-corrected chi connectivity index (χ1v) is 10.7. The molecule has 0 N–H and O–H groups in total. The second-order valence-electron chi connectivity index (χ2n) is 6.09. The zero-order valence-corrected chi connectivity index (χ0v) is 16.8. The van der Waals surface area contributed by atoms with Crippen molar-refractivity contribution in [3.63, 3.8) is 0 Å². The molecule has 0 fully saturated rings. The highest BCUT2D eigenvalue weighted by atomic mass is 32.2. The van der Waals surface area contributed by atoms with Crippen LogP contribution in [0, 0.1) is 0 Å². The van der Waals surface area contributed by atoms with Crippen molar-refractivity contribution in [3.8, 4) is 10.7 Å². The van der Waals surface area contributed by atoms with Crippen molar-refractivity contribution in [1.82, 2.24) is 14.8 Å². The van der Waals surface area contributed by atoms with Gasteiger partial charge in [0.15, 0.2) is 11.0 Å². The summed E-state index contributed by atoms with van der Waals surface area (Å²) < 4.78 is 7.51. The van der Waals surface area contributed by atoms with Crippen LogP contribution in [-0.2, 0) is 18.7 Å². The zero-order valence-electron chi connectivity index (χ0n) is 15.1. The summed E-state index contributed by atoms with van der Waals surface area (Å²) in [5.41, 5.74) is 2.44. The Morgan fingerprint density at radius 1 is 1.19 bits per heavy atom. The monoisotopic (exact) mass is 397 g/mol. The SMILES string of the molecule is CCc1ccc2c(CSc3nnc(-c4cccs4)n3CC)cc(=O)oc2c1. The Morgan fingerprint density at radius 2 is 2.07 bits per heavy atom. The summed E-state index contributed by atoms with van der Waals surface area (Å²) in [5.74, 6) is 1.52. The van der Waals surface area contributed by atoms with Crippen molar-refractivity contribution in [3.05, 3.63) is 63.3 Å². The van der Waals surface area contributed by atoms with Crippen LogP contribution in [0.2, 0.25) is 0 Å². The van der Waals surface area contributed by atoms with Crippen LogP contribution in [0.15, 0.2) is 56.1 Å². The van der Waals surface area contributed by atoms with Gasteiger partial charge >= 0.3 is 5.63 Å². The van der Waals surface area contributed by atoms with Gasteiger partial charge in [0.25, 0.3) is 0 Å². The van der Waals surface area contributed by atoms with Gasteiger partial charge in [-0.25, -0.2) is 4.79 Å². The maximum Gasteiger partial charge on any atom is 0.336 e. The van der Waals surface area contributed by atoms with Crippen molar-refractivity contribution < 1.29 is 4.42 Å². The Hall–Kier alpha value is -2.38. The van der Waals surface area contributed by atoms with E-state index >= 15 is 0 Å². The number of aryl methyl sites for hydroxylation is 1. The van der Waals surface area contributed by atoms with Gasteiger partial charge in [0.1, 0.15) is 5.58 Å². The minimum atomic E-state index is -0.317. The number of rotatable bonds is 6. The molecule has 0 bridgehead atoms. The highest BCUT2D eigenvalue weighted by Gasteiger charge is 2.15. The first kappa shape index (κ1) is 18.0. The summed E-state index contributed by atoms with van der Waals surface area (Å²) >= 11 is 3.24. The van der Waals surface area contributed by atoms with Gasteiger partial charge in [0.05, 0.1) is 4.88 Å². The summed E-state index contributed by atoms with van der Waals surface area (Å²) in [6.07, 6.45) is 0.906. The number of hydrogen-bond acceptors (Lipinski definition) is 6. The molecule has 0 unspecified atom stereocenters. The fourth-order valence-corrected chi connectivity index (χ4v) is 4.74. The van der Waals surface area contributed by atoms with Gasteiger partial charge in [0.2, 0.25) is 0 Å². The number of thiophene rings is 1. The number of nitrogens with zero attached hydrogens (tertiary/aromatic N) is 3. The lowest BCUT2D eigenvalue weighted by Crippen LogP contribution is -2.02. The molecule has 0 aliphatic heterocycles. The average molecular weight is 398 g/mol. The van der Waals surface area contributed by atoms with E-state index in [1.807, 2.05) is 23.6 Å². The molecule has 0 atom stereocenters. The van der Waals surface area contributed by atoms with Crippen LogP contribution < -0.4 is 5.63 Å². The number of benzene rings is 1. The number of fused-ring (bicyclic) bond motifs is 1. The predicted molar refractivity (Wildman–Crippen MR) is 110 cm³/mol. The van der Waals surface area contributed by atoms with Crippen molar-refractivity contribution in [2.75, 3.05) is 0 Å². The summed E-state index contributed by atoms with van der Waals surface area (Å²) in [6.45, 7) is 4.96. The molecule has 3 aromatic heterocycles. The van der Waals surface area contributed by atoms with Crippen LogP contribution in [0.25, 0.3) is 21.7 Å². The lowest BCUT2D eigenvalue weighted by Gasteiger charge is -2.08. The molecule has 138 valence electrons. The lowest BCUT2D eigenvalue weighted by molar-refractivity contribution is 0.559. The van der Waals surface area contributed by atoms with Gasteiger partial charge in [-0.3, -0.25) is 0 Å². The topological polar surface area (TPSA) is 60.9 Å². The van der Waals surface area contributed by atoms with Gasteiger partial charge in [-0.15, -0.1) is 21.5 Å². The zero-order chi connectivity index (χ0) is 18.8. The first-order valence-electron chi connectivity index (χ1n) is 8.85. The number of aromatic nitrogens is 3. The van der Waals surface area contributed by atoms with Gasteiger partial charge < -0.3 is 8.98 Å². The van der Waals surface area contributed by atoms with E-state index in [1.54, 1.807) is 29.2 Å². The van der Waals surface area contributed by atoms with E-state index < -0.39 is 0 Å². The number of thioether (sulfide) groups is 1. The van der Waals surface area contributed by atoms with Crippen molar-refractivity contribution >= 4 is 34.1 Å². The normalized spacial score (nSPS) is 11.3. The molecule has 0 saturated carbocycles. The summed E-state index contributed by atoms with van der Waals surface area (Å²) in [7, 11) is 0. The second-order valence-corrected chi connectivity index (χ2v) is 7.98. The minimum Gasteiger partial charge on any atom is -0.423 e. The molecule has 0 spiro atoms. The average Bonchev–Trinajstić information content (AvgIpc) is 3.34. The molecule has 0 aliphatic rings. The van der Waals surface area contributed by atoms with Crippen LogP contribution in [0.5, 0.6) is 0 Å². The quantitative estimate of drug-likeness (QED) is 0.339. The lowest BCUT2D eigenvalue weighted by atomic mass is 10.1.